The third kappa shape index (κ3) is 5.84. The number of rotatable bonds is 4. The molecular weight excluding hydrogens is 626 g/mol. The summed E-state index contributed by atoms with van der Waals surface area (Å²) in [6.45, 7) is 6.78. The van der Waals surface area contributed by atoms with E-state index in [4.69, 9.17) is 0 Å². The maximum absolute atomic E-state index is 14.3. The summed E-state index contributed by atoms with van der Waals surface area (Å²) in [6.07, 6.45) is 0. The Morgan fingerprint density at radius 2 is 1.13 bits per heavy atom. The van der Waals surface area contributed by atoms with Gasteiger partial charge in [0.1, 0.15) is 20.8 Å². The first-order valence-corrected chi connectivity index (χ1v) is 17.1. The minimum absolute atomic E-state index is 0.0497. The Kier molecular flexibility index (Phi) is 8.31. The van der Waals surface area contributed by atoms with Crippen molar-refractivity contribution in [3.8, 4) is 0 Å². The van der Waals surface area contributed by atoms with Gasteiger partial charge in [0.2, 0.25) is 0 Å². The molecule has 7 aromatic rings. The van der Waals surface area contributed by atoms with Crippen LogP contribution in [-0.4, -0.2) is 13.0 Å². The number of benzene rings is 7. The van der Waals surface area contributed by atoms with Gasteiger partial charge in [0.25, 0.3) is 0 Å². The molecule has 0 radical (unpaired) electrons. The first kappa shape index (κ1) is 31.6. The van der Waals surface area contributed by atoms with E-state index in [0.29, 0.717) is 16.2 Å². The van der Waals surface area contributed by atoms with Gasteiger partial charge in [0, 0.05) is 10.8 Å². The van der Waals surface area contributed by atoms with Crippen molar-refractivity contribution in [3.63, 3.8) is 0 Å². The molecule has 8 heteroatoms. The van der Waals surface area contributed by atoms with Gasteiger partial charge in [-0.3, -0.25) is 0 Å². The van der Waals surface area contributed by atoms with Crippen molar-refractivity contribution >= 4 is 53.3 Å². The van der Waals surface area contributed by atoms with Gasteiger partial charge in [-0.25, -0.2) is 21.6 Å². The van der Waals surface area contributed by atoms with Gasteiger partial charge in [-0.05, 0) is 69.6 Å². The highest BCUT2D eigenvalue weighted by Crippen LogP contribution is 2.41. The summed E-state index contributed by atoms with van der Waals surface area (Å²) in [5, 5.41) is 0.293. The van der Waals surface area contributed by atoms with Gasteiger partial charge in [-0.2, -0.15) is 0 Å². The first-order chi connectivity index (χ1) is 21.9. The number of hydrogen-bond donors (Lipinski definition) is 0. The Bertz CT molecular complexity index is 2240. The van der Waals surface area contributed by atoms with Crippen LogP contribution in [0.5, 0.6) is 0 Å². The van der Waals surface area contributed by atoms with Gasteiger partial charge in [-0.1, -0.05) is 99.6 Å². The van der Waals surface area contributed by atoms with E-state index in [1.807, 2.05) is 0 Å². The lowest BCUT2D eigenvalue weighted by atomic mass is 9.87. The van der Waals surface area contributed by atoms with Crippen molar-refractivity contribution in [1.82, 2.24) is 0 Å². The fourth-order valence-electron chi connectivity index (χ4n) is 5.70. The summed E-state index contributed by atoms with van der Waals surface area (Å²) in [5.41, 5.74) is 1.57. The largest absolute Gasteiger partial charge is 0.744 e. The zero-order chi connectivity index (χ0) is 32.8. The van der Waals surface area contributed by atoms with E-state index in [1.165, 1.54) is 32.4 Å². The molecule has 0 saturated carbocycles. The highest BCUT2D eigenvalue weighted by atomic mass is 32.2. The molecule has 46 heavy (non-hydrogen) atoms. The maximum Gasteiger partial charge on any atom is 0.177 e. The van der Waals surface area contributed by atoms with E-state index >= 15 is 0 Å². The summed E-state index contributed by atoms with van der Waals surface area (Å²) >= 11 is 0. The van der Waals surface area contributed by atoms with Gasteiger partial charge in [0.15, 0.2) is 26.3 Å². The van der Waals surface area contributed by atoms with E-state index in [0.717, 1.165) is 6.07 Å². The second-order valence-corrected chi connectivity index (χ2v) is 15.3. The normalized spacial score (nSPS) is 12.2. The summed E-state index contributed by atoms with van der Waals surface area (Å²) in [6, 6.07) is 39.4. The van der Waals surface area contributed by atoms with Crippen LogP contribution in [0.25, 0.3) is 32.3 Å². The summed E-state index contributed by atoms with van der Waals surface area (Å²) in [7, 11) is -5.33. The van der Waals surface area contributed by atoms with E-state index in [1.54, 1.807) is 18.2 Å². The molecule has 0 heterocycles. The van der Waals surface area contributed by atoms with Crippen LogP contribution in [0.15, 0.2) is 141 Å². The molecule has 0 atom stereocenters. The van der Waals surface area contributed by atoms with Crippen LogP contribution in [0.4, 0.5) is 13.2 Å². The standard InChI is InChI=1S/C22H23S.C16H7F3O3S/c1-22(2,3)18-14-16-21(17-15-18)23(19-10-6-4-7-11-19)20-12-8-5-9-13-20;17-10-6-8-3-1-2-7-4-5-9-12(11(7)8)13(10)14(18)15(19)16(9)23(20,21)22/h4-17H,1-3H3;1-6H,(H,20,21,22)/q+1;/p-1. The topological polar surface area (TPSA) is 57.2 Å². The van der Waals surface area contributed by atoms with Crippen LogP contribution >= 0.6 is 0 Å². The van der Waals surface area contributed by atoms with Crippen LogP contribution in [0.3, 0.4) is 0 Å². The highest BCUT2D eigenvalue weighted by molar-refractivity contribution is 7.97. The lowest BCUT2D eigenvalue weighted by Gasteiger charge is -2.19. The van der Waals surface area contributed by atoms with Crippen LogP contribution in [0, 0.1) is 17.5 Å². The molecule has 0 unspecified atom stereocenters. The van der Waals surface area contributed by atoms with Crippen LogP contribution in [0.2, 0.25) is 0 Å². The summed E-state index contributed by atoms with van der Waals surface area (Å²) in [4.78, 5) is 2.81. The SMILES string of the molecule is CC(C)(C)c1ccc([S+](c2ccccc2)c2ccccc2)cc1.O=S(=O)([O-])c1c(F)c(F)c2c(F)cc3cccc4ccc1c2c43. The molecule has 0 aliphatic rings. The molecule has 0 fully saturated rings. The minimum atomic E-state index is -5.28. The smallest absolute Gasteiger partial charge is 0.177 e. The quantitative estimate of drug-likeness (QED) is 0.108. The molecular formula is C38H29F3O3S2. The summed E-state index contributed by atoms with van der Waals surface area (Å²) < 4.78 is 76.8. The van der Waals surface area contributed by atoms with E-state index in [9.17, 15) is 26.1 Å². The van der Waals surface area contributed by atoms with Crippen molar-refractivity contribution in [3.05, 3.63) is 144 Å². The fraction of sp³-hybridized carbons (Fsp3) is 0.105. The van der Waals surface area contributed by atoms with Crippen molar-refractivity contribution in [2.75, 3.05) is 0 Å². The molecule has 0 bridgehead atoms. The van der Waals surface area contributed by atoms with Gasteiger partial charge in [0.05, 0.1) is 16.3 Å². The monoisotopic (exact) mass is 654 g/mol. The lowest BCUT2D eigenvalue weighted by molar-refractivity contribution is 0.445. The molecule has 0 aliphatic carbocycles. The average molecular weight is 655 g/mol. The fourth-order valence-corrected chi connectivity index (χ4v) is 8.54. The second kappa shape index (κ2) is 12.1. The first-order valence-electron chi connectivity index (χ1n) is 14.5. The van der Waals surface area contributed by atoms with Crippen molar-refractivity contribution in [2.45, 2.75) is 45.8 Å². The van der Waals surface area contributed by atoms with Crippen LogP contribution in [-0.2, 0) is 26.4 Å². The van der Waals surface area contributed by atoms with Crippen molar-refractivity contribution in [2.24, 2.45) is 0 Å². The Morgan fingerprint density at radius 3 is 1.67 bits per heavy atom. The van der Waals surface area contributed by atoms with E-state index in [2.05, 4.69) is 106 Å². The van der Waals surface area contributed by atoms with Gasteiger partial charge < -0.3 is 4.55 Å². The van der Waals surface area contributed by atoms with Crippen molar-refractivity contribution < 1.29 is 26.1 Å². The molecule has 0 aliphatic heterocycles. The molecule has 0 N–H and O–H groups in total. The molecule has 0 aromatic heterocycles. The zero-order valence-corrected chi connectivity index (χ0v) is 26.9. The second-order valence-electron chi connectivity index (χ2n) is 11.9. The van der Waals surface area contributed by atoms with Crippen molar-refractivity contribution in [1.29, 1.82) is 0 Å². The average Bonchev–Trinajstić information content (AvgIpc) is 3.02. The van der Waals surface area contributed by atoms with E-state index in [-0.39, 0.29) is 27.1 Å². The minimum Gasteiger partial charge on any atom is -0.744 e. The molecule has 232 valence electrons. The molecule has 7 rings (SSSR count). The van der Waals surface area contributed by atoms with Crippen LogP contribution in [0.1, 0.15) is 26.3 Å². The predicted octanol–water partition coefficient (Wildman–Crippen LogP) is 9.98. The molecule has 0 amide bonds. The third-order valence-corrected chi connectivity index (χ3v) is 11.0. The molecule has 0 saturated heterocycles. The Balaban J connectivity index is 0.000000162. The highest BCUT2D eigenvalue weighted by Gasteiger charge is 2.29. The molecule has 7 aromatic carbocycles. The van der Waals surface area contributed by atoms with Gasteiger partial charge in [-0.15, -0.1) is 0 Å². The zero-order valence-electron chi connectivity index (χ0n) is 25.2. The summed E-state index contributed by atoms with van der Waals surface area (Å²) in [5.74, 6) is -4.56. The third-order valence-electron chi connectivity index (χ3n) is 7.87. The van der Waals surface area contributed by atoms with E-state index < -0.39 is 37.9 Å². The maximum atomic E-state index is 14.3. The lowest BCUT2D eigenvalue weighted by Crippen LogP contribution is -2.11. The number of halogens is 3. The molecule has 3 nitrogen and oxygen atoms in total. The number of hydrogen-bond acceptors (Lipinski definition) is 3. The Labute approximate surface area is 268 Å². The van der Waals surface area contributed by atoms with Crippen LogP contribution < -0.4 is 0 Å². The Morgan fingerprint density at radius 1 is 0.587 bits per heavy atom. The Hall–Kier alpha value is -4.37. The van der Waals surface area contributed by atoms with Gasteiger partial charge >= 0.3 is 0 Å². The molecule has 0 spiro atoms. The predicted molar refractivity (Wildman–Crippen MR) is 178 cm³/mol.